The monoisotopic (exact) mass is 863 g/mol. The van der Waals surface area contributed by atoms with E-state index in [9.17, 15) is 0 Å². The molecule has 67 heavy (non-hydrogen) atoms. The number of rotatable bonds is 7. The van der Waals surface area contributed by atoms with Crippen LogP contribution in [0.5, 0.6) is 0 Å². The average molecular weight is 864 g/mol. The summed E-state index contributed by atoms with van der Waals surface area (Å²) in [5.74, 6) is 1.08. The summed E-state index contributed by atoms with van der Waals surface area (Å²) < 4.78 is 4.77. The third-order valence-electron chi connectivity index (χ3n) is 13.3. The summed E-state index contributed by atoms with van der Waals surface area (Å²) in [5.41, 5.74) is 17.6. The van der Waals surface area contributed by atoms with Gasteiger partial charge in [0, 0.05) is 45.2 Å². The summed E-state index contributed by atoms with van der Waals surface area (Å²) in [4.78, 5) is 2.43. The number of allylic oxidation sites excluding steroid dienone is 1. The Bertz CT molecular complexity index is 3500. The van der Waals surface area contributed by atoms with Crippen molar-refractivity contribution in [1.29, 1.82) is 0 Å². The van der Waals surface area contributed by atoms with Crippen molar-refractivity contribution in [2.45, 2.75) is 20.0 Å². The number of aromatic nitrogens is 2. The molecule has 0 bridgehead atoms. The van der Waals surface area contributed by atoms with E-state index in [1.165, 1.54) is 71.4 Å². The van der Waals surface area contributed by atoms with Gasteiger partial charge in [-0.15, -0.1) is 0 Å². The van der Waals surface area contributed by atoms with Crippen LogP contribution >= 0.6 is 0 Å². The van der Waals surface area contributed by atoms with E-state index < -0.39 is 0 Å². The van der Waals surface area contributed by atoms with E-state index >= 15 is 0 Å². The van der Waals surface area contributed by atoms with E-state index in [-0.39, 0.29) is 6.17 Å². The summed E-state index contributed by atoms with van der Waals surface area (Å²) in [7, 11) is 0. The van der Waals surface area contributed by atoms with E-state index in [1.807, 2.05) is 13.8 Å². The van der Waals surface area contributed by atoms with Gasteiger partial charge in [-0.2, -0.15) is 0 Å². The number of para-hydroxylation sites is 5. The molecule has 0 aliphatic carbocycles. The molecule has 322 valence electrons. The average Bonchev–Trinajstić information content (AvgIpc) is 4.07. The molecule has 2 aromatic heterocycles. The fourth-order valence-corrected chi connectivity index (χ4v) is 10.3. The summed E-state index contributed by atoms with van der Waals surface area (Å²) in [6.07, 6.45) is 2.14. The Kier molecular flexibility index (Phi) is 10.0. The molecule has 1 unspecified atom stereocenters. The molecule has 2 aliphatic heterocycles. The van der Waals surface area contributed by atoms with Crippen molar-refractivity contribution in [3.63, 3.8) is 0 Å². The molecule has 0 spiro atoms. The second-order valence-corrected chi connectivity index (χ2v) is 17.1. The van der Waals surface area contributed by atoms with Crippen LogP contribution in [0.25, 0.3) is 82.8 Å². The van der Waals surface area contributed by atoms with Gasteiger partial charge < -0.3 is 24.7 Å². The molecule has 0 amide bonds. The predicted octanol–water partition coefficient (Wildman–Crippen LogP) is 15.2. The van der Waals surface area contributed by atoms with Crippen LogP contribution in [-0.4, -0.2) is 15.7 Å². The number of fused-ring (bicyclic) bond motifs is 6. The Morgan fingerprint density at radius 1 is 0.388 bits per heavy atom. The van der Waals surface area contributed by atoms with Crippen molar-refractivity contribution in [2.75, 3.05) is 11.4 Å². The van der Waals surface area contributed by atoms with Gasteiger partial charge in [0.2, 0.25) is 0 Å². The second-order valence-electron chi connectivity index (χ2n) is 17.1. The smallest absolute Gasteiger partial charge is 0.132 e. The van der Waals surface area contributed by atoms with Crippen molar-refractivity contribution >= 4 is 54.9 Å². The molecule has 0 saturated carbocycles. The SMILES string of the molecule is C1=C(c2ccccc2)CNC2=C1NC(c1cc(-c3ccc4c(c3)c3ccccc3n4-c3ccccc3)cc(-c3ccc4c(c3)c3ccccc3n4-c3ccccc3)c1)N2c1ccccc1.CC. The molecule has 0 fully saturated rings. The molecule has 13 rings (SSSR count). The Balaban J connectivity index is 0.00000231. The molecule has 2 N–H and O–H groups in total. The maximum Gasteiger partial charge on any atom is 0.132 e. The lowest BCUT2D eigenvalue weighted by atomic mass is 9.93. The van der Waals surface area contributed by atoms with E-state index in [0.29, 0.717) is 0 Å². The Morgan fingerprint density at radius 2 is 0.836 bits per heavy atom. The number of anilines is 1. The summed E-state index contributed by atoms with van der Waals surface area (Å²) in [5, 5.41) is 12.8. The maximum absolute atomic E-state index is 4.03. The van der Waals surface area contributed by atoms with Gasteiger partial charge in [-0.25, -0.2) is 0 Å². The van der Waals surface area contributed by atoms with Crippen molar-refractivity contribution in [3.8, 4) is 33.6 Å². The van der Waals surface area contributed by atoms with Crippen LogP contribution < -0.4 is 15.5 Å². The first-order chi connectivity index (χ1) is 33.2. The van der Waals surface area contributed by atoms with Gasteiger partial charge in [-0.3, -0.25) is 0 Å². The van der Waals surface area contributed by atoms with Gasteiger partial charge >= 0.3 is 0 Å². The molecule has 5 nitrogen and oxygen atoms in total. The largest absolute Gasteiger partial charge is 0.366 e. The zero-order chi connectivity index (χ0) is 44.8. The zero-order valence-corrected chi connectivity index (χ0v) is 37.6. The van der Waals surface area contributed by atoms with Crippen LogP contribution in [0.3, 0.4) is 0 Å². The lowest BCUT2D eigenvalue weighted by molar-refractivity contribution is 0.642. The van der Waals surface area contributed by atoms with Gasteiger partial charge in [0.15, 0.2) is 0 Å². The van der Waals surface area contributed by atoms with E-state index in [4.69, 9.17) is 0 Å². The Labute approximate surface area is 391 Å². The standard InChI is InChI=1S/C60H43N5.C2H6/c1-5-17-40(18-6-1)46-38-54-60(61-39-46)65(49-23-11-4-12-24-49)59(62-54)45-34-43(41-29-31-57-52(36-41)50-25-13-15-27-55(50)63(57)47-19-7-2-8-20-47)33-44(35-45)42-30-32-58-53(37-42)51-26-14-16-28-56(51)64(58)48-21-9-3-10-22-48;1-2/h1-38,59,61-62H,39H2;1-2H3. The van der Waals surface area contributed by atoms with E-state index in [0.717, 1.165) is 46.3 Å². The van der Waals surface area contributed by atoms with Crippen LogP contribution in [0.1, 0.15) is 31.1 Å². The van der Waals surface area contributed by atoms with Gasteiger partial charge in [-0.1, -0.05) is 147 Å². The van der Waals surface area contributed by atoms with Gasteiger partial charge in [0.1, 0.15) is 12.0 Å². The molecule has 5 heteroatoms. The molecule has 11 aromatic rings. The number of dihydropyridines is 1. The highest BCUT2D eigenvalue weighted by Crippen LogP contribution is 2.43. The van der Waals surface area contributed by atoms with Crippen LogP contribution in [0.15, 0.2) is 242 Å². The quantitative estimate of drug-likeness (QED) is 0.168. The third-order valence-corrected chi connectivity index (χ3v) is 13.3. The minimum absolute atomic E-state index is 0.188. The van der Waals surface area contributed by atoms with Crippen molar-refractivity contribution in [1.82, 2.24) is 19.8 Å². The summed E-state index contributed by atoms with van der Waals surface area (Å²) >= 11 is 0. The molecular formula is C62H49N5. The lowest BCUT2D eigenvalue weighted by Gasteiger charge is -2.31. The van der Waals surface area contributed by atoms with E-state index in [1.54, 1.807) is 0 Å². The Hall–Kier alpha value is -8.54. The lowest BCUT2D eigenvalue weighted by Crippen LogP contribution is -2.34. The molecule has 4 heterocycles. The van der Waals surface area contributed by atoms with Crippen LogP contribution in [0.4, 0.5) is 5.69 Å². The molecule has 0 radical (unpaired) electrons. The minimum atomic E-state index is -0.188. The van der Waals surface area contributed by atoms with Crippen LogP contribution in [0, 0.1) is 0 Å². The summed E-state index contributed by atoms with van der Waals surface area (Å²) in [6, 6.07) is 81.6. The zero-order valence-electron chi connectivity index (χ0n) is 37.6. The van der Waals surface area contributed by atoms with Crippen molar-refractivity contribution in [3.05, 3.63) is 253 Å². The number of hydrogen-bond acceptors (Lipinski definition) is 3. The first kappa shape index (κ1) is 40.0. The minimum Gasteiger partial charge on any atom is -0.366 e. The van der Waals surface area contributed by atoms with Crippen LogP contribution in [-0.2, 0) is 0 Å². The van der Waals surface area contributed by atoms with Crippen LogP contribution in [0.2, 0.25) is 0 Å². The van der Waals surface area contributed by atoms with Gasteiger partial charge in [0.25, 0.3) is 0 Å². The molecular weight excluding hydrogens is 815 g/mol. The molecule has 9 aromatic carbocycles. The number of nitrogens with one attached hydrogen (secondary N) is 2. The fraction of sp³-hybridized carbons (Fsp3) is 0.0645. The van der Waals surface area contributed by atoms with E-state index in [2.05, 4.69) is 255 Å². The number of hydrogen-bond donors (Lipinski definition) is 2. The Morgan fingerprint density at radius 3 is 1.36 bits per heavy atom. The molecule has 1 atom stereocenters. The summed E-state index contributed by atoms with van der Waals surface area (Å²) in [6.45, 7) is 4.74. The highest BCUT2D eigenvalue weighted by atomic mass is 15.4. The normalized spacial score (nSPS) is 14.4. The first-order valence-corrected chi connectivity index (χ1v) is 23.4. The number of benzene rings is 9. The van der Waals surface area contributed by atoms with Gasteiger partial charge in [-0.05, 0) is 136 Å². The highest BCUT2D eigenvalue weighted by molar-refractivity contribution is 6.12. The maximum atomic E-state index is 4.03. The fourth-order valence-electron chi connectivity index (χ4n) is 10.3. The first-order valence-electron chi connectivity index (χ1n) is 23.4. The third kappa shape index (κ3) is 6.86. The second kappa shape index (κ2) is 16.8. The molecule has 2 aliphatic rings. The van der Waals surface area contributed by atoms with Crippen molar-refractivity contribution in [2.24, 2.45) is 0 Å². The number of nitrogens with zero attached hydrogens (tertiary/aromatic N) is 3. The predicted molar refractivity (Wildman–Crippen MR) is 282 cm³/mol. The highest BCUT2D eigenvalue weighted by Gasteiger charge is 2.35. The van der Waals surface area contributed by atoms with Crippen molar-refractivity contribution < 1.29 is 0 Å². The molecule has 0 saturated heterocycles. The van der Waals surface area contributed by atoms with Gasteiger partial charge in [0.05, 0.1) is 27.8 Å². The topological polar surface area (TPSA) is 37.2 Å².